The van der Waals surface area contributed by atoms with Crippen LogP contribution in [0.25, 0.3) is 0 Å². The van der Waals surface area contributed by atoms with E-state index in [-0.39, 0.29) is 0 Å². The molecule has 0 spiro atoms. The van der Waals surface area contributed by atoms with Crippen molar-refractivity contribution in [1.29, 1.82) is 0 Å². The quantitative estimate of drug-likeness (QED) is 0.569. The van der Waals surface area contributed by atoms with E-state index >= 15 is 0 Å². The Labute approximate surface area is 65.7 Å². The monoisotopic (exact) mass is 158 g/mol. The molecule has 0 N–H and O–H groups in total. The van der Waals surface area contributed by atoms with Crippen molar-refractivity contribution in [3.8, 4) is 0 Å². The van der Waals surface area contributed by atoms with Crippen LogP contribution in [0.5, 0.6) is 0 Å². The van der Waals surface area contributed by atoms with Crippen LogP contribution in [0.15, 0.2) is 11.8 Å². The van der Waals surface area contributed by atoms with Gasteiger partial charge in [0.1, 0.15) is 0 Å². The molecule has 0 aliphatic carbocycles. The maximum atomic E-state index is 5.33. The van der Waals surface area contributed by atoms with Gasteiger partial charge in [0.25, 0.3) is 0 Å². The summed E-state index contributed by atoms with van der Waals surface area (Å²) in [6.07, 6.45) is 2.47. The van der Waals surface area contributed by atoms with Crippen molar-refractivity contribution in [2.75, 3.05) is 6.61 Å². The van der Waals surface area contributed by atoms with Gasteiger partial charge in [-0.25, -0.2) is 0 Å². The summed E-state index contributed by atoms with van der Waals surface area (Å²) in [5, 5.41) is 0. The molecule has 0 aliphatic rings. The molecule has 0 aromatic carbocycles. The van der Waals surface area contributed by atoms with Gasteiger partial charge in [-0.2, -0.15) is 0 Å². The first kappa shape index (κ1) is 9.92. The van der Waals surface area contributed by atoms with Crippen molar-refractivity contribution < 1.29 is 4.74 Å². The van der Waals surface area contributed by atoms with E-state index in [0.717, 1.165) is 6.61 Å². The van der Waals surface area contributed by atoms with E-state index in [1.807, 2.05) is 6.92 Å². The highest BCUT2D eigenvalue weighted by Gasteiger charge is 1.93. The highest BCUT2D eigenvalue weighted by atomic mass is 28.3. The van der Waals surface area contributed by atoms with Gasteiger partial charge in [0.2, 0.25) is 0 Å². The normalized spacial score (nSPS) is 14.9. The van der Waals surface area contributed by atoms with Crippen molar-refractivity contribution >= 4 is 8.80 Å². The average Bonchev–Trinajstić information content (AvgIpc) is 1.85. The molecule has 0 saturated carbocycles. The molecule has 0 heterocycles. The zero-order valence-corrected chi connectivity index (χ0v) is 8.58. The second kappa shape index (κ2) is 5.68. The molecule has 0 bridgehead atoms. The van der Waals surface area contributed by atoms with E-state index in [4.69, 9.17) is 4.74 Å². The van der Waals surface area contributed by atoms with Gasteiger partial charge < -0.3 is 4.74 Å². The molecule has 0 aromatic rings. The molecule has 60 valence electrons. The zero-order valence-electron chi connectivity index (χ0n) is 7.42. The number of hydrogen-bond donors (Lipinski definition) is 0. The summed E-state index contributed by atoms with van der Waals surface area (Å²) >= 11 is 0. The molecule has 2 heteroatoms. The maximum absolute atomic E-state index is 5.33. The van der Waals surface area contributed by atoms with Crippen molar-refractivity contribution in [1.82, 2.24) is 0 Å². The number of rotatable bonds is 4. The fourth-order valence-corrected chi connectivity index (χ4v) is 1.45. The molecule has 0 saturated heterocycles. The number of hydrogen-bond acceptors (Lipinski definition) is 1. The van der Waals surface area contributed by atoms with E-state index in [2.05, 4.69) is 31.8 Å². The Balaban J connectivity index is 3.45. The van der Waals surface area contributed by atoms with E-state index in [1.165, 1.54) is 0 Å². The van der Waals surface area contributed by atoms with Crippen molar-refractivity contribution in [2.45, 2.75) is 33.0 Å². The fourth-order valence-electron chi connectivity index (χ4n) is 0.697. The fraction of sp³-hybridized carbons (Fsp3) is 0.750. The Bertz CT molecular complexity index is 99.4. The van der Waals surface area contributed by atoms with Crippen LogP contribution in [0, 0.1) is 0 Å². The van der Waals surface area contributed by atoms with Crippen LogP contribution in [-0.4, -0.2) is 21.5 Å². The Morgan fingerprint density at radius 1 is 1.50 bits per heavy atom. The van der Waals surface area contributed by atoms with Crippen LogP contribution in [0.1, 0.15) is 13.8 Å². The van der Waals surface area contributed by atoms with Crippen LogP contribution < -0.4 is 0 Å². The minimum Gasteiger partial charge on any atom is -0.375 e. The van der Waals surface area contributed by atoms with Crippen LogP contribution in [-0.2, 0) is 4.74 Å². The molecular formula is C8H18OSi. The molecule has 0 rings (SSSR count). The lowest BCUT2D eigenvalue weighted by Gasteiger charge is -2.05. The molecule has 0 aliphatic heterocycles. The Hall–Kier alpha value is -0.0831. The predicted octanol–water partition coefficient (Wildman–Crippen LogP) is 1.99. The Kier molecular flexibility index (Phi) is 5.64. The Morgan fingerprint density at radius 2 is 2.10 bits per heavy atom. The molecule has 0 fully saturated rings. The SMILES string of the molecule is CCOC(C)C=C[SiH](C)C. The average molecular weight is 158 g/mol. The first-order chi connectivity index (χ1) is 4.66. The van der Waals surface area contributed by atoms with E-state index in [9.17, 15) is 0 Å². The maximum Gasteiger partial charge on any atom is 0.0723 e. The summed E-state index contributed by atoms with van der Waals surface area (Å²) in [5.74, 6) is 0. The third-order valence-electron chi connectivity index (χ3n) is 1.20. The highest BCUT2D eigenvalue weighted by Crippen LogP contribution is 1.93. The van der Waals surface area contributed by atoms with Gasteiger partial charge in [-0.3, -0.25) is 0 Å². The van der Waals surface area contributed by atoms with Gasteiger partial charge in [0, 0.05) is 6.61 Å². The summed E-state index contributed by atoms with van der Waals surface area (Å²) in [6, 6.07) is 0. The van der Waals surface area contributed by atoms with Gasteiger partial charge in [-0.05, 0) is 13.8 Å². The molecule has 0 aromatic heterocycles. The van der Waals surface area contributed by atoms with E-state index in [1.54, 1.807) is 0 Å². The summed E-state index contributed by atoms with van der Waals surface area (Å²) in [7, 11) is -0.512. The lowest BCUT2D eigenvalue weighted by molar-refractivity contribution is 0.109. The molecule has 0 radical (unpaired) electrons. The van der Waals surface area contributed by atoms with E-state index < -0.39 is 8.80 Å². The lowest BCUT2D eigenvalue weighted by atomic mass is 10.4. The van der Waals surface area contributed by atoms with Crippen LogP contribution in [0.4, 0.5) is 0 Å². The zero-order chi connectivity index (χ0) is 7.98. The topological polar surface area (TPSA) is 9.23 Å². The van der Waals surface area contributed by atoms with Crippen LogP contribution in [0.3, 0.4) is 0 Å². The summed E-state index contributed by atoms with van der Waals surface area (Å²) in [5.41, 5.74) is 2.31. The van der Waals surface area contributed by atoms with Gasteiger partial charge >= 0.3 is 0 Å². The minimum absolute atomic E-state index is 0.305. The Morgan fingerprint density at radius 3 is 2.50 bits per heavy atom. The van der Waals surface area contributed by atoms with Gasteiger partial charge in [-0.1, -0.05) is 24.9 Å². The molecule has 1 atom stereocenters. The second-order valence-corrected chi connectivity index (χ2v) is 5.66. The van der Waals surface area contributed by atoms with Crippen molar-refractivity contribution in [2.24, 2.45) is 0 Å². The molecule has 10 heavy (non-hydrogen) atoms. The summed E-state index contributed by atoms with van der Waals surface area (Å²) in [6.45, 7) is 9.52. The minimum atomic E-state index is -0.512. The lowest BCUT2D eigenvalue weighted by Crippen LogP contribution is -2.05. The number of ether oxygens (including phenoxy) is 1. The highest BCUT2D eigenvalue weighted by molar-refractivity contribution is 6.61. The smallest absolute Gasteiger partial charge is 0.0723 e. The predicted molar refractivity (Wildman–Crippen MR) is 49.1 cm³/mol. The molecule has 1 nitrogen and oxygen atoms in total. The molecule has 1 unspecified atom stereocenters. The molecule has 0 amide bonds. The van der Waals surface area contributed by atoms with Gasteiger partial charge in [0.15, 0.2) is 0 Å². The third kappa shape index (κ3) is 6.04. The largest absolute Gasteiger partial charge is 0.375 e. The van der Waals surface area contributed by atoms with Crippen LogP contribution >= 0.6 is 0 Å². The molecular weight excluding hydrogens is 140 g/mol. The first-order valence-corrected chi connectivity index (χ1v) is 6.94. The van der Waals surface area contributed by atoms with Crippen LogP contribution in [0.2, 0.25) is 13.1 Å². The second-order valence-electron chi connectivity index (χ2n) is 2.79. The van der Waals surface area contributed by atoms with Crippen molar-refractivity contribution in [3.63, 3.8) is 0 Å². The summed E-state index contributed by atoms with van der Waals surface area (Å²) < 4.78 is 5.33. The summed E-state index contributed by atoms with van der Waals surface area (Å²) in [4.78, 5) is 0. The van der Waals surface area contributed by atoms with E-state index in [0.29, 0.717) is 6.10 Å². The third-order valence-corrected chi connectivity index (χ3v) is 2.19. The standard InChI is InChI=1S/C8H18OSi/c1-5-9-8(2)6-7-10(3)4/h6-8,10H,5H2,1-4H3. The van der Waals surface area contributed by atoms with Gasteiger partial charge in [0.05, 0.1) is 14.9 Å². The van der Waals surface area contributed by atoms with Gasteiger partial charge in [-0.15, -0.1) is 0 Å². The first-order valence-electron chi connectivity index (χ1n) is 3.96. The van der Waals surface area contributed by atoms with Crippen molar-refractivity contribution in [3.05, 3.63) is 11.8 Å².